The second-order valence-corrected chi connectivity index (χ2v) is 8.03. The van der Waals surface area contributed by atoms with Gasteiger partial charge in [0.1, 0.15) is 5.75 Å². The van der Waals surface area contributed by atoms with Crippen LogP contribution in [-0.2, 0) is 9.59 Å². The van der Waals surface area contributed by atoms with Crippen molar-refractivity contribution in [2.45, 2.75) is 6.42 Å². The van der Waals surface area contributed by atoms with Crippen molar-refractivity contribution in [2.24, 2.45) is 35.5 Å². The fraction of sp³-hybridized carbons (Fsp3) is 0.318. The van der Waals surface area contributed by atoms with Crippen LogP contribution < -0.4 is 9.64 Å². The molecule has 2 aromatic rings. The number of rotatable bonds is 3. The predicted octanol–water partition coefficient (Wildman–Crippen LogP) is 3.06. The van der Waals surface area contributed by atoms with Crippen LogP contribution >= 0.6 is 0 Å². The van der Waals surface area contributed by atoms with Gasteiger partial charge in [0.2, 0.25) is 17.6 Å². The Bertz CT molecular complexity index is 986. The molecule has 0 unspecified atom stereocenters. The van der Waals surface area contributed by atoms with E-state index in [1.54, 1.807) is 30.3 Å². The zero-order chi connectivity index (χ0) is 19.0. The Kier molecular flexibility index (Phi) is 3.08. The Morgan fingerprint density at radius 1 is 0.964 bits per heavy atom. The zero-order valence-electron chi connectivity index (χ0n) is 14.9. The number of carbonyl (C=O) groups excluding carboxylic acids is 3. The number of carbonyl (C=O) groups is 3. The predicted molar refractivity (Wildman–Crippen MR) is 97.3 cm³/mol. The standard InChI is InChI=1S/C22H17NO5/c24-20-18-13-7-8-14(16-10-15(13)16)19(18)21(25)23(20)11-3-5-12(6-4-11)28-22(26)17-2-1-9-27-17/h1-9,13-16,18-19H,10H2/t13-,14-,15-,16-,18-,19+/m0/s1. The maximum atomic E-state index is 13.1. The van der Waals surface area contributed by atoms with Crippen molar-refractivity contribution >= 4 is 23.5 Å². The van der Waals surface area contributed by atoms with Crippen LogP contribution in [0.4, 0.5) is 5.69 Å². The summed E-state index contributed by atoms with van der Waals surface area (Å²) in [5.74, 6) is 0.770. The molecule has 0 N–H and O–H groups in total. The number of hydrogen-bond donors (Lipinski definition) is 0. The molecule has 4 aliphatic carbocycles. The smallest absolute Gasteiger partial charge is 0.379 e. The molecule has 1 saturated heterocycles. The summed E-state index contributed by atoms with van der Waals surface area (Å²) in [5, 5.41) is 0. The second kappa shape index (κ2) is 5.44. The number of hydrogen-bond acceptors (Lipinski definition) is 5. The third-order valence-corrected chi connectivity index (χ3v) is 6.69. The van der Waals surface area contributed by atoms with Crippen LogP contribution in [0.25, 0.3) is 0 Å². The van der Waals surface area contributed by atoms with Crippen LogP contribution in [0.15, 0.2) is 59.2 Å². The Balaban J connectivity index is 1.25. The van der Waals surface area contributed by atoms with Gasteiger partial charge in [-0.3, -0.25) is 14.5 Å². The Hall–Kier alpha value is -3.15. The summed E-state index contributed by atoms with van der Waals surface area (Å²) >= 11 is 0. The maximum absolute atomic E-state index is 13.1. The van der Waals surface area contributed by atoms with Gasteiger partial charge in [-0.2, -0.15) is 0 Å². The van der Waals surface area contributed by atoms with Crippen molar-refractivity contribution in [1.82, 2.24) is 0 Å². The van der Waals surface area contributed by atoms with Gasteiger partial charge in [0, 0.05) is 0 Å². The molecule has 1 aromatic heterocycles. The Labute approximate surface area is 160 Å². The lowest BCUT2D eigenvalue weighted by molar-refractivity contribution is -0.124. The number of furan rings is 1. The van der Waals surface area contributed by atoms with Crippen molar-refractivity contribution in [3.05, 3.63) is 60.6 Å². The van der Waals surface area contributed by atoms with E-state index in [2.05, 4.69) is 12.2 Å². The van der Waals surface area contributed by atoms with Gasteiger partial charge in [0.15, 0.2) is 0 Å². The first-order chi connectivity index (χ1) is 13.6. The fourth-order valence-electron chi connectivity index (χ4n) is 5.43. The third kappa shape index (κ3) is 2.06. The molecule has 6 heteroatoms. The van der Waals surface area contributed by atoms with Crippen LogP contribution in [0.3, 0.4) is 0 Å². The minimum Gasteiger partial charge on any atom is -0.457 e. The molecule has 2 saturated carbocycles. The highest BCUT2D eigenvalue weighted by atomic mass is 16.5. The van der Waals surface area contributed by atoms with E-state index < -0.39 is 5.97 Å². The molecule has 5 aliphatic rings. The number of benzene rings is 1. The summed E-state index contributed by atoms with van der Waals surface area (Å²) in [5.41, 5.74) is 0.523. The van der Waals surface area contributed by atoms with E-state index in [1.807, 2.05) is 0 Å². The summed E-state index contributed by atoms with van der Waals surface area (Å²) in [6.45, 7) is 0. The average molecular weight is 375 g/mol. The summed E-state index contributed by atoms with van der Waals surface area (Å²) in [4.78, 5) is 39.5. The topological polar surface area (TPSA) is 76.8 Å². The van der Waals surface area contributed by atoms with Crippen molar-refractivity contribution in [2.75, 3.05) is 4.90 Å². The molecule has 6 nitrogen and oxygen atoms in total. The lowest BCUT2D eigenvalue weighted by Gasteiger charge is -2.37. The van der Waals surface area contributed by atoms with E-state index in [-0.39, 0.29) is 41.2 Å². The summed E-state index contributed by atoms with van der Waals surface area (Å²) in [7, 11) is 0. The summed E-state index contributed by atoms with van der Waals surface area (Å²) in [6.07, 6.45) is 6.86. The van der Waals surface area contributed by atoms with E-state index in [0.717, 1.165) is 6.42 Å². The van der Waals surface area contributed by atoms with E-state index in [4.69, 9.17) is 9.15 Å². The minimum atomic E-state index is -0.598. The first-order valence-electron chi connectivity index (χ1n) is 9.55. The monoisotopic (exact) mass is 375 g/mol. The first-order valence-corrected chi connectivity index (χ1v) is 9.55. The molecule has 28 heavy (non-hydrogen) atoms. The van der Waals surface area contributed by atoms with Gasteiger partial charge in [-0.05, 0) is 66.5 Å². The number of imide groups is 1. The largest absolute Gasteiger partial charge is 0.457 e. The SMILES string of the molecule is O=C(Oc1ccc(N2C(=O)[C@@H]3[C@H]4C=C[C@@H]([C@@H]5C[C@@H]45)[C@@H]3C2=O)cc1)c1ccco1. The highest BCUT2D eigenvalue weighted by Gasteiger charge is 2.67. The van der Waals surface area contributed by atoms with Gasteiger partial charge >= 0.3 is 5.97 Å². The second-order valence-electron chi connectivity index (χ2n) is 8.03. The molecule has 2 bridgehead atoms. The molecule has 140 valence electrons. The van der Waals surface area contributed by atoms with Crippen LogP contribution in [0, 0.1) is 35.5 Å². The number of nitrogens with zero attached hydrogens (tertiary/aromatic N) is 1. The molecule has 0 radical (unpaired) electrons. The molecule has 0 spiro atoms. The van der Waals surface area contributed by atoms with Gasteiger partial charge in [-0.25, -0.2) is 4.79 Å². The van der Waals surface area contributed by atoms with Gasteiger partial charge in [-0.15, -0.1) is 0 Å². The first kappa shape index (κ1) is 15.9. The fourth-order valence-corrected chi connectivity index (χ4v) is 5.43. The maximum Gasteiger partial charge on any atom is 0.379 e. The third-order valence-electron chi connectivity index (χ3n) is 6.69. The number of amides is 2. The Morgan fingerprint density at radius 3 is 2.18 bits per heavy atom. The lowest BCUT2D eigenvalue weighted by Crippen LogP contribution is -2.40. The van der Waals surface area contributed by atoms with E-state index >= 15 is 0 Å². The number of esters is 1. The van der Waals surface area contributed by atoms with Crippen molar-refractivity contribution in [3.63, 3.8) is 0 Å². The van der Waals surface area contributed by atoms with E-state index in [1.165, 1.54) is 17.2 Å². The molecule has 6 atom stereocenters. The average Bonchev–Trinajstić information content (AvgIpc) is 3.27. The molecule has 1 aliphatic heterocycles. The lowest BCUT2D eigenvalue weighted by atomic mass is 9.63. The Morgan fingerprint density at radius 2 is 1.61 bits per heavy atom. The van der Waals surface area contributed by atoms with Crippen LogP contribution in [0.2, 0.25) is 0 Å². The molecule has 2 heterocycles. The van der Waals surface area contributed by atoms with Crippen LogP contribution in [-0.4, -0.2) is 17.8 Å². The molecular weight excluding hydrogens is 358 g/mol. The van der Waals surface area contributed by atoms with Crippen LogP contribution in [0.1, 0.15) is 17.0 Å². The summed E-state index contributed by atoms with van der Waals surface area (Å²) in [6, 6.07) is 9.59. The molecule has 2 amide bonds. The van der Waals surface area contributed by atoms with Crippen molar-refractivity contribution < 1.29 is 23.5 Å². The minimum absolute atomic E-state index is 0.0972. The number of allylic oxidation sites excluding steroid dienone is 2. The molecular formula is C22H17NO5. The highest BCUT2D eigenvalue weighted by molar-refractivity contribution is 6.22. The van der Waals surface area contributed by atoms with E-state index in [0.29, 0.717) is 23.3 Å². The molecule has 1 aromatic carbocycles. The normalized spacial score (nSPS) is 34.4. The van der Waals surface area contributed by atoms with Gasteiger partial charge in [0.05, 0.1) is 23.8 Å². The molecule has 7 rings (SSSR count). The summed E-state index contributed by atoms with van der Waals surface area (Å²) < 4.78 is 10.3. The highest BCUT2D eigenvalue weighted by Crippen LogP contribution is 2.65. The van der Waals surface area contributed by atoms with Gasteiger partial charge in [-0.1, -0.05) is 12.2 Å². The van der Waals surface area contributed by atoms with Crippen molar-refractivity contribution in [3.8, 4) is 5.75 Å². The van der Waals surface area contributed by atoms with Crippen LogP contribution in [0.5, 0.6) is 5.75 Å². The van der Waals surface area contributed by atoms with E-state index in [9.17, 15) is 14.4 Å². The van der Waals surface area contributed by atoms with Gasteiger partial charge < -0.3 is 9.15 Å². The molecule has 3 fully saturated rings. The number of anilines is 1. The van der Waals surface area contributed by atoms with Gasteiger partial charge in [0.25, 0.3) is 0 Å². The zero-order valence-corrected chi connectivity index (χ0v) is 14.9. The quantitative estimate of drug-likeness (QED) is 0.357. The number of ether oxygens (including phenoxy) is 1. The van der Waals surface area contributed by atoms with Crippen molar-refractivity contribution in [1.29, 1.82) is 0 Å².